The van der Waals surface area contributed by atoms with Gasteiger partial charge in [0.1, 0.15) is 12.1 Å². The Morgan fingerprint density at radius 1 is 1.06 bits per heavy atom. The lowest BCUT2D eigenvalue weighted by Crippen LogP contribution is -2.51. The van der Waals surface area contributed by atoms with Gasteiger partial charge in [0.2, 0.25) is 5.65 Å². The number of carbonyl (C=O) groups excluding carboxylic acids is 1. The van der Waals surface area contributed by atoms with Gasteiger partial charge in [-0.3, -0.25) is 4.79 Å². The van der Waals surface area contributed by atoms with Gasteiger partial charge >= 0.3 is 0 Å². The second-order valence-electron chi connectivity index (χ2n) is 11.9. The number of carbonyl (C=O) groups is 1. The number of ketones is 1. The third-order valence-electron chi connectivity index (χ3n) is 10.1. The fraction of sp³-hybridized carbons (Fsp3) is 0.769. The summed E-state index contributed by atoms with van der Waals surface area (Å²) in [4.78, 5) is 19.3. The average Bonchev–Trinajstić information content (AvgIpc) is 3.32. The highest BCUT2D eigenvalue weighted by molar-refractivity contribution is 5.82. The predicted molar refractivity (Wildman–Crippen MR) is 122 cm³/mol. The van der Waals surface area contributed by atoms with Crippen LogP contribution in [-0.2, 0) is 11.3 Å². The minimum absolute atomic E-state index is 0.121. The first-order valence-electron chi connectivity index (χ1n) is 12.7. The van der Waals surface area contributed by atoms with E-state index in [1.807, 2.05) is 19.1 Å². The van der Waals surface area contributed by atoms with Crippen molar-refractivity contribution in [3.8, 4) is 0 Å². The monoisotopic (exact) mass is 436 g/mol. The maximum atomic E-state index is 13.5. The van der Waals surface area contributed by atoms with Gasteiger partial charge in [0.05, 0.1) is 5.60 Å². The first-order valence-corrected chi connectivity index (χ1v) is 12.7. The van der Waals surface area contributed by atoms with Crippen LogP contribution < -0.4 is 0 Å². The zero-order valence-electron chi connectivity index (χ0n) is 19.4. The number of nitrogens with zero attached hydrogens (tertiary/aromatic N) is 4. The maximum Gasteiger partial charge on any atom is 0.201 e. The van der Waals surface area contributed by atoms with Crippen molar-refractivity contribution < 1.29 is 9.90 Å². The molecule has 172 valence electrons. The van der Waals surface area contributed by atoms with Crippen molar-refractivity contribution in [1.82, 2.24) is 20.0 Å². The van der Waals surface area contributed by atoms with Crippen LogP contribution in [0, 0.1) is 40.9 Å². The molecule has 0 bridgehead atoms. The lowest BCUT2D eigenvalue weighted by molar-refractivity contribution is -0.133. The number of pyridine rings is 1. The quantitative estimate of drug-likeness (QED) is 0.771. The summed E-state index contributed by atoms with van der Waals surface area (Å²) in [5, 5.41) is 19.5. The van der Waals surface area contributed by atoms with Crippen LogP contribution in [0.5, 0.6) is 0 Å². The van der Waals surface area contributed by atoms with E-state index in [-0.39, 0.29) is 17.9 Å². The number of aromatic nitrogens is 4. The fourth-order valence-corrected chi connectivity index (χ4v) is 8.73. The Balaban J connectivity index is 1.18. The van der Waals surface area contributed by atoms with Crippen LogP contribution >= 0.6 is 0 Å². The molecule has 0 spiro atoms. The van der Waals surface area contributed by atoms with Crippen molar-refractivity contribution in [3.63, 3.8) is 0 Å². The number of rotatable bonds is 3. The summed E-state index contributed by atoms with van der Waals surface area (Å²) in [6.07, 6.45) is 12.1. The number of hydrogen-bond donors (Lipinski definition) is 1. The number of aliphatic hydroxyl groups is 1. The highest BCUT2D eigenvalue weighted by Crippen LogP contribution is 2.64. The van der Waals surface area contributed by atoms with E-state index in [0.29, 0.717) is 23.3 Å². The Morgan fingerprint density at radius 3 is 2.75 bits per heavy atom. The smallest absolute Gasteiger partial charge is 0.201 e. The van der Waals surface area contributed by atoms with Gasteiger partial charge in [-0.1, -0.05) is 6.92 Å². The fourth-order valence-electron chi connectivity index (χ4n) is 8.73. The van der Waals surface area contributed by atoms with Gasteiger partial charge in [0.25, 0.3) is 0 Å². The summed E-state index contributed by atoms with van der Waals surface area (Å²) < 4.78 is 0. The first kappa shape index (κ1) is 20.8. The number of fused-ring (bicyclic) bond motifs is 6. The van der Waals surface area contributed by atoms with E-state index >= 15 is 0 Å². The minimum Gasteiger partial charge on any atom is -0.390 e. The molecule has 0 amide bonds. The number of Topliss-reactive ketones (excluding diaryl/α,β-unsaturated/α-hetero) is 1. The van der Waals surface area contributed by atoms with Gasteiger partial charge in [-0.25, -0.2) is 4.98 Å². The molecule has 2 aromatic rings. The lowest BCUT2D eigenvalue weighted by atomic mass is 9.49. The molecule has 32 heavy (non-hydrogen) atoms. The normalized spacial score (nSPS) is 43.5. The van der Waals surface area contributed by atoms with Crippen LogP contribution in [0.25, 0.3) is 11.2 Å². The van der Waals surface area contributed by atoms with Crippen LogP contribution in [0.2, 0.25) is 0 Å². The highest BCUT2D eigenvalue weighted by Gasteiger charge is 2.58. The third-order valence-corrected chi connectivity index (χ3v) is 10.1. The van der Waals surface area contributed by atoms with Gasteiger partial charge in [0, 0.05) is 12.1 Å². The molecular formula is C26H36N4O2. The summed E-state index contributed by atoms with van der Waals surface area (Å²) in [6, 6.07) is 3.75. The molecule has 0 unspecified atom stereocenters. The molecule has 1 N–H and O–H groups in total. The summed E-state index contributed by atoms with van der Waals surface area (Å²) in [5.41, 5.74) is 1.03. The second kappa shape index (κ2) is 7.34. The highest BCUT2D eigenvalue weighted by atomic mass is 16.3. The van der Waals surface area contributed by atoms with Crippen molar-refractivity contribution >= 4 is 16.9 Å². The van der Waals surface area contributed by atoms with E-state index in [9.17, 15) is 9.90 Å². The van der Waals surface area contributed by atoms with E-state index in [1.54, 1.807) is 11.0 Å². The van der Waals surface area contributed by atoms with Crippen molar-refractivity contribution in [1.29, 1.82) is 0 Å². The van der Waals surface area contributed by atoms with Crippen molar-refractivity contribution in [2.45, 2.75) is 83.8 Å². The topological polar surface area (TPSA) is 80.9 Å². The molecule has 2 heterocycles. The summed E-state index contributed by atoms with van der Waals surface area (Å²) in [6.45, 7) is 4.71. The van der Waals surface area contributed by atoms with E-state index in [4.69, 9.17) is 0 Å². The molecule has 0 radical (unpaired) electrons. The molecule has 0 aliphatic heterocycles. The maximum absolute atomic E-state index is 13.5. The van der Waals surface area contributed by atoms with Crippen molar-refractivity contribution in [2.24, 2.45) is 40.9 Å². The van der Waals surface area contributed by atoms with E-state index in [2.05, 4.69) is 22.1 Å². The molecule has 6 nitrogen and oxygen atoms in total. The summed E-state index contributed by atoms with van der Waals surface area (Å²) in [7, 11) is 0. The molecular weight excluding hydrogens is 400 g/mol. The van der Waals surface area contributed by atoms with Crippen LogP contribution in [0.3, 0.4) is 0 Å². The number of hydrogen-bond acceptors (Lipinski definition) is 5. The Morgan fingerprint density at radius 2 is 1.91 bits per heavy atom. The molecule has 6 rings (SSSR count). The van der Waals surface area contributed by atoms with Gasteiger partial charge in [-0.2, -0.15) is 9.90 Å². The van der Waals surface area contributed by atoms with Gasteiger partial charge < -0.3 is 5.11 Å². The molecule has 4 aliphatic rings. The predicted octanol–water partition coefficient (Wildman–Crippen LogP) is 4.42. The Labute approximate surface area is 190 Å². The van der Waals surface area contributed by atoms with Crippen LogP contribution in [-0.4, -0.2) is 36.5 Å². The van der Waals surface area contributed by atoms with E-state index < -0.39 is 5.60 Å². The summed E-state index contributed by atoms with van der Waals surface area (Å²) in [5.74, 6) is 4.17. The standard InChI is InChI=1S/C26H36N4O2/c1-25(32)11-9-17-16(14-25)5-6-19-18(17)10-12-26(2)20(19)7-8-21(26)23(31)15-30-28-22-4-3-13-27-24(22)29-30/h3-4,13,16-21,32H,5-12,14-15H2,1-2H3/t16-,17+,18-,19-,20+,21-,25-,26+/m1/s1. The zero-order chi connectivity index (χ0) is 22.1. The molecule has 8 atom stereocenters. The second-order valence-corrected chi connectivity index (χ2v) is 11.9. The molecule has 4 aliphatic carbocycles. The Hall–Kier alpha value is -1.82. The zero-order valence-corrected chi connectivity index (χ0v) is 19.4. The summed E-state index contributed by atoms with van der Waals surface area (Å²) >= 11 is 0. The minimum atomic E-state index is -0.455. The molecule has 0 saturated heterocycles. The Bertz CT molecular complexity index is 999. The molecule has 0 aromatic carbocycles. The van der Waals surface area contributed by atoms with Gasteiger partial charge in [-0.05, 0) is 112 Å². The molecule has 4 saturated carbocycles. The van der Waals surface area contributed by atoms with Crippen LogP contribution in [0.15, 0.2) is 18.3 Å². The molecule has 2 aromatic heterocycles. The van der Waals surface area contributed by atoms with Crippen LogP contribution in [0.1, 0.15) is 71.6 Å². The van der Waals surface area contributed by atoms with E-state index in [1.165, 1.54) is 38.5 Å². The SMILES string of the molecule is C[C@@]1(O)CC[C@H]2[C@H](CC[C@@H]3[C@@H]2CC[C@]2(C)[C@@H](C(=O)Cn4nc5cccnc5n4)CC[C@@H]32)C1. The Kier molecular flexibility index (Phi) is 4.76. The van der Waals surface area contributed by atoms with Crippen molar-refractivity contribution in [3.05, 3.63) is 18.3 Å². The van der Waals surface area contributed by atoms with Gasteiger partial charge in [0.15, 0.2) is 5.78 Å². The third kappa shape index (κ3) is 3.24. The van der Waals surface area contributed by atoms with Crippen molar-refractivity contribution in [2.75, 3.05) is 0 Å². The van der Waals surface area contributed by atoms with Gasteiger partial charge in [-0.15, -0.1) is 5.10 Å². The van der Waals surface area contributed by atoms with E-state index in [0.717, 1.165) is 42.5 Å². The first-order chi connectivity index (χ1) is 15.3. The average molecular weight is 437 g/mol. The molecule has 6 heteroatoms. The largest absolute Gasteiger partial charge is 0.390 e. The lowest BCUT2D eigenvalue weighted by Gasteiger charge is -2.56. The molecule has 4 fully saturated rings. The van der Waals surface area contributed by atoms with Crippen LogP contribution in [0.4, 0.5) is 0 Å².